The number of likely N-dealkylation sites (tertiary alicyclic amines) is 1. The van der Waals surface area contributed by atoms with Crippen molar-refractivity contribution in [2.24, 2.45) is 5.92 Å². The predicted molar refractivity (Wildman–Crippen MR) is 144 cm³/mol. The molecule has 2 aromatic rings. The van der Waals surface area contributed by atoms with Crippen LogP contribution >= 0.6 is 11.6 Å². The summed E-state index contributed by atoms with van der Waals surface area (Å²) in [6.07, 6.45) is 2.27. The molecule has 214 valence electrons. The number of aromatic nitrogens is 1. The first-order chi connectivity index (χ1) is 19.1. The number of hydrogen-bond acceptors (Lipinski definition) is 4. The van der Waals surface area contributed by atoms with E-state index in [1.54, 1.807) is 15.9 Å². The number of hydrogen-bond donors (Lipinski definition) is 1. The number of alkyl halides is 2. The molecule has 1 spiro atoms. The van der Waals surface area contributed by atoms with Crippen molar-refractivity contribution in [3.05, 3.63) is 58.1 Å². The van der Waals surface area contributed by atoms with Crippen molar-refractivity contribution in [3.8, 4) is 0 Å². The quantitative estimate of drug-likeness (QED) is 0.498. The Morgan fingerprint density at radius 3 is 2.50 bits per heavy atom. The van der Waals surface area contributed by atoms with Crippen molar-refractivity contribution in [2.45, 2.75) is 69.8 Å². The van der Waals surface area contributed by atoms with Crippen LogP contribution in [0.2, 0.25) is 5.02 Å². The highest BCUT2D eigenvalue weighted by Gasteiger charge is 2.52. The van der Waals surface area contributed by atoms with Gasteiger partial charge in [0.05, 0.1) is 21.7 Å². The number of rotatable bonds is 6. The molecule has 0 atom stereocenters. The maximum atomic E-state index is 14.3. The first-order valence-corrected chi connectivity index (χ1v) is 14.1. The first-order valence-electron chi connectivity index (χ1n) is 13.8. The fourth-order valence-corrected chi connectivity index (χ4v) is 6.62. The third-order valence-corrected chi connectivity index (χ3v) is 8.86. The van der Waals surface area contributed by atoms with Crippen molar-refractivity contribution >= 4 is 35.0 Å². The van der Waals surface area contributed by atoms with E-state index in [-0.39, 0.29) is 34.4 Å². The fourth-order valence-electron chi connectivity index (χ4n) is 6.46. The molecule has 1 saturated heterocycles. The minimum Gasteiger partial charge on any atom is -0.349 e. The maximum Gasteiger partial charge on any atom is 0.281 e. The Morgan fingerprint density at radius 1 is 1.15 bits per heavy atom. The molecule has 2 aliphatic heterocycles. The Hall–Kier alpha value is -3.14. The van der Waals surface area contributed by atoms with Gasteiger partial charge < -0.3 is 15.1 Å². The van der Waals surface area contributed by atoms with Gasteiger partial charge in [-0.3, -0.25) is 19.4 Å². The van der Waals surface area contributed by atoms with Crippen LogP contribution in [0, 0.1) is 11.7 Å². The summed E-state index contributed by atoms with van der Waals surface area (Å²) in [5.41, 5.74) is -0.167. The molecule has 40 heavy (non-hydrogen) atoms. The number of carbonyl (C=O) groups excluding carboxylic acids is 3. The molecule has 5 rings (SSSR count). The van der Waals surface area contributed by atoms with Crippen LogP contribution in [0.1, 0.15) is 79.9 Å². The van der Waals surface area contributed by atoms with Crippen LogP contribution in [0.25, 0.3) is 0 Å². The molecule has 1 N–H and O–H groups in total. The molecule has 3 heterocycles. The summed E-state index contributed by atoms with van der Waals surface area (Å²) in [6.45, 7) is 3.23. The van der Waals surface area contributed by atoms with Gasteiger partial charge in [0.25, 0.3) is 12.3 Å². The number of pyridine rings is 1. The van der Waals surface area contributed by atoms with Crippen molar-refractivity contribution in [3.63, 3.8) is 0 Å². The van der Waals surface area contributed by atoms with E-state index in [0.717, 1.165) is 11.8 Å². The molecule has 0 bridgehead atoms. The number of halogens is 4. The maximum absolute atomic E-state index is 14.3. The van der Waals surface area contributed by atoms with Crippen LogP contribution < -0.4 is 10.2 Å². The minimum absolute atomic E-state index is 0.0416. The minimum atomic E-state index is -2.90. The summed E-state index contributed by atoms with van der Waals surface area (Å²) < 4.78 is 41.0. The Balaban J connectivity index is 1.24. The van der Waals surface area contributed by atoms with Gasteiger partial charge >= 0.3 is 0 Å². The number of nitrogens with one attached hydrogen (secondary N) is 1. The zero-order valence-corrected chi connectivity index (χ0v) is 23.0. The second-order valence-corrected chi connectivity index (χ2v) is 11.4. The molecular weight excluding hydrogens is 545 g/mol. The van der Waals surface area contributed by atoms with Gasteiger partial charge in [0.1, 0.15) is 11.5 Å². The smallest absolute Gasteiger partial charge is 0.281 e. The molecule has 2 fully saturated rings. The summed E-state index contributed by atoms with van der Waals surface area (Å²) in [4.78, 5) is 46.0. The van der Waals surface area contributed by atoms with E-state index < -0.39 is 29.3 Å². The van der Waals surface area contributed by atoms with Crippen LogP contribution in [-0.2, 0) is 15.0 Å². The second-order valence-electron chi connectivity index (χ2n) is 11.0. The van der Waals surface area contributed by atoms with Crippen molar-refractivity contribution in [1.29, 1.82) is 0 Å². The number of fused-ring (bicyclic) bond motifs is 2. The molecule has 3 aliphatic rings. The molecule has 1 saturated carbocycles. The highest BCUT2D eigenvalue weighted by Crippen LogP contribution is 2.49. The number of anilines is 1. The molecule has 1 aliphatic carbocycles. The monoisotopic (exact) mass is 576 g/mol. The summed E-state index contributed by atoms with van der Waals surface area (Å²) in [5, 5.41) is 2.94. The van der Waals surface area contributed by atoms with Crippen molar-refractivity contribution in [1.82, 2.24) is 15.2 Å². The predicted octanol–water partition coefficient (Wildman–Crippen LogP) is 5.42. The molecule has 11 heteroatoms. The lowest BCUT2D eigenvalue weighted by atomic mass is 9.73. The number of piperidine rings is 1. The van der Waals surface area contributed by atoms with Crippen LogP contribution in [0.4, 0.5) is 18.9 Å². The summed E-state index contributed by atoms with van der Waals surface area (Å²) in [7, 11) is 0. The average Bonchev–Trinajstić information content (AvgIpc) is 3.15. The summed E-state index contributed by atoms with van der Waals surface area (Å²) in [5.74, 6) is -0.882. The molecule has 1 aromatic carbocycles. The van der Waals surface area contributed by atoms with Crippen LogP contribution in [-0.4, -0.2) is 53.3 Å². The Kier molecular flexibility index (Phi) is 8.08. The van der Waals surface area contributed by atoms with Gasteiger partial charge in [-0.2, -0.15) is 0 Å². The third-order valence-electron chi connectivity index (χ3n) is 8.65. The SMILES string of the molecule is CCC(=O)N1CCC2(CC1)C(=O)N(C[C@H]1CC[C@H](NC(=O)c3cc(Cl)cnc3C(F)F)CC1)c1cc(F)ccc12. The van der Waals surface area contributed by atoms with Gasteiger partial charge in [0, 0.05) is 38.3 Å². The standard InChI is InChI=1S/C29H32ClF3N4O3/c1-2-24(38)36-11-9-29(10-12-36)22-8-5-19(31)14-23(22)37(28(29)40)16-17-3-6-20(7-4-17)35-27(39)21-13-18(30)15-34-25(21)26(32)33/h5,8,13-15,17,20,26H,2-4,6-7,9-12,16H2,1H3,(H,35,39)/t17-,20-. The van der Waals surface area contributed by atoms with Crippen molar-refractivity contribution in [2.75, 3.05) is 24.5 Å². The van der Waals surface area contributed by atoms with Crippen molar-refractivity contribution < 1.29 is 27.6 Å². The number of benzene rings is 1. The van der Waals surface area contributed by atoms with E-state index in [9.17, 15) is 27.6 Å². The van der Waals surface area contributed by atoms with Gasteiger partial charge in [0.2, 0.25) is 11.8 Å². The Morgan fingerprint density at radius 2 is 1.85 bits per heavy atom. The number of amides is 3. The molecule has 1 aromatic heterocycles. The lowest BCUT2D eigenvalue weighted by molar-refractivity contribution is -0.135. The van der Waals surface area contributed by atoms with E-state index >= 15 is 0 Å². The molecule has 0 unspecified atom stereocenters. The van der Waals surface area contributed by atoms with Crippen LogP contribution in [0.15, 0.2) is 30.5 Å². The van der Waals surface area contributed by atoms with Gasteiger partial charge in [-0.05, 0) is 68.2 Å². The third kappa shape index (κ3) is 5.30. The lowest BCUT2D eigenvalue weighted by Crippen LogP contribution is -2.50. The van der Waals surface area contributed by atoms with E-state index in [4.69, 9.17) is 11.6 Å². The lowest BCUT2D eigenvalue weighted by Gasteiger charge is -2.39. The summed E-state index contributed by atoms with van der Waals surface area (Å²) in [6, 6.07) is 5.52. The van der Waals surface area contributed by atoms with Crippen LogP contribution in [0.5, 0.6) is 0 Å². The highest BCUT2D eigenvalue weighted by molar-refractivity contribution is 6.30. The Bertz CT molecular complexity index is 1310. The van der Waals surface area contributed by atoms with E-state index in [1.807, 2.05) is 6.92 Å². The van der Waals surface area contributed by atoms with Gasteiger partial charge in [0.15, 0.2) is 0 Å². The fraction of sp³-hybridized carbons (Fsp3) is 0.517. The van der Waals surface area contributed by atoms with Gasteiger partial charge in [-0.25, -0.2) is 13.2 Å². The van der Waals surface area contributed by atoms with Crippen LogP contribution in [0.3, 0.4) is 0 Å². The second kappa shape index (κ2) is 11.4. The molecule has 0 radical (unpaired) electrons. The number of carbonyl (C=O) groups is 3. The zero-order chi connectivity index (χ0) is 28.6. The van der Waals surface area contributed by atoms with Gasteiger partial charge in [-0.1, -0.05) is 24.6 Å². The zero-order valence-electron chi connectivity index (χ0n) is 22.3. The Labute approximate surface area is 236 Å². The van der Waals surface area contributed by atoms with E-state index in [2.05, 4.69) is 10.3 Å². The topological polar surface area (TPSA) is 82.6 Å². The number of nitrogens with zero attached hydrogens (tertiary/aromatic N) is 3. The molecule has 3 amide bonds. The highest BCUT2D eigenvalue weighted by atomic mass is 35.5. The molecular formula is C29H32ClF3N4O3. The summed E-state index contributed by atoms with van der Waals surface area (Å²) >= 11 is 5.89. The van der Waals surface area contributed by atoms with Gasteiger partial charge in [-0.15, -0.1) is 0 Å². The van der Waals surface area contributed by atoms with E-state index in [0.29, 0.717) is 70.3 Å². The average molecular weight is 577 g/mol. The first kappa shape index (κ1) is 28.4. The molecule has 7 nitrogen and oxygen atoms in total. The van der Waals surface area contributed by atoms with E-state index in [1.165, 1.54) is 18.2 Å². The normalized spacial score (nSPS) is 22.1. The largest absolute Gasteiger partial charge is 0.349 e.